The minimum absolute atomic E-state index is 0.0371. The first kappa shape index (κ1) is 22.4. The first-order valence-electron chi connectivity index (χ1n) is 10.4. The molecule has 1 amide bonds. The van der Waals surface area contributed by atoms with Crippen molar-refractivity contribution < 1.29 is 13.2 Å². The van der Waals surface area contributed by atoms with Crippen LogP contribution in [0, 0.1) is 13.8 Å². The standard InChI is InChI=1S/C25H24N4O3S/c1-18-11-12-23(33(31,32)27-17-20-7-4-3-5-8-20)16-24(18)25(30)28-21-9-6-10-22(15-21)29-19(2)13-14-26-29/h3-16,27H,17H2,1-2H3,(H,28,30). The van der Waals surface area contributed by atoms with Gasteiger partial charge in [-0.25, -0.2) is 17.8 Å². The van der Waals surface area contributed by atoms with Gasteiger partial charge in [-0.15, -0.1) is 0 Å². The van der Waals surface area contributed by atoms with Crippen molar-refractivity contribution in [1.29, 1.82) is 0 Å². The predicted octanol–water partition coefficient (Wildman–Crippen LogP) is 4.22. The number of sulfonamides is 1. The van der Waals surface area contributed by atoms with Gasteiger partial charge >= 0.3 is 0 Å². The van der Waals surface area contributed by atoms with Crippen LogP contribution in [0.3, 0.4) is 0 Å². The Hall–Kier alpha value is -3.75. The molecule has 3 aromatic carbocycles. The Bertz CT molecular complexity index is 1400. The lowest BCUT2D eigenvalue weighted by Crippen LogP contribution is -2.24. The summed E-state index contributed by atoms with van der Waals surface area (Å²) < 4.78 is 30.0. The third-order valence-corrected chi connectivity index (χ3v) is 6.65. The fourth-order valence-corrected chi connectivity index (χ4v) is 4.47. The van der Waals surface area contributed by atoms with E-state index in [0.717, 1.165) is 16.9 Å². The van der Waals surface area contributed by atoms with Crippen molar-refractivity contribution in [3.05, 3.63) is 107 Å². The molecule has 0 spiro atoms. The van der Waals surface area contributed by atoms with Gasteiger partial charge in [0.2, 0.25) is 10.0 Å². The van der Waals surface area contributed by atoms with E-state index in [1.54, 1.807) is 29.9 Å². The fourth-order valence-electron chi connectivity index (χ4n) is 3.42. The second-order valence-corrected chi connectivity index (χ2v) is 9.44. The highest BCUT2D eigenvalue weighted by Gasteiger charge is 2.18. The molecule has 0 atom stereocenters. The Morgan fingerprint density at radius 3 is 2.45 bits per heavy atom. The molecule has 0 aliphatic heterocycles. The SMILES string of the molecule is Cc1ccc(S(=O)(=O)NCc2ccccc2)cc1C(=O)Nc1cccc(-n2nccc2C)c1. The fraction of sp³-hybridized carbons (Fsp3) is 0.120. The molecule has 4 rings (SSSR count). The molecule has 4 aromatic rings. The molecule has 0 fully saturated rings. The zero-order valence-electron chi connectivity index (χ0n) is 18.3. The number of carbonyl (C=O) groups is 1. The zero-order chi connectivity index (χ0) is 23.4. The normalized spacial score (nSPS) is 11.3. The van der Waals surface area contributed by atoms with Crippen LogP contribution in [0.2, 0.25) is 0 Å². The second-order valence-electron chi connectivity index (χ2n) is 7.68. The summed E-state index contributed by atoms with van der Waals surface area (Å²) in [4.78, 5) is 13.0. The summed E-state index contributed by atoms with van der Waals surface area (Å²) in [5.41, 5.74) is 4.18. The minimum Gasteiger partial charge on any atom is -0.322 e. The van der Waals surface area contributed by atoms with Crippen LogP contribution >= 0.6 is 0 Å². The van der Waals surface area contributed by atoms with E-state index in [-0.39, 0.29) is 17.3 Å². The van der Waals surface area contributed by atoms with E-state index in [1.807, 2.05) is 61.5 Å². The number of aryl methyl sites for hydroxylation is 2. The average Bonchev–Trinajstić information content (AvgIpc) is 3.24. The molecule has 1 heterocycles. The van der Waals surface area contributed by atoms with Crippen LogP contribution < -0.4 is 10.0 Å². The van der Waals surface area contributed by atoms with E-state index in [2.05, 4.69) is 15.1 Å². The Morgan fingerprint density at radius 2 is 1.73 bits per heavy atom. The lowest BCUT2D eigenvalue weighted by Gasteiger charge is -2.12. The highest BCUT2D eigenvalue weighted by Crippen LogP contribution is 2.20. The molecule has 0 aliphatic carbocycles. The lowest BCUT2D eigenvalue weighted by molar-refractivity contribution is 0.102. The monoisotopic (exact) mass is 460 g/mol. The number of aromatic nitrogens is 2. The van der Waals surface area contributed by atoms with Crippen molar-refractivity contribution in [2.75, 3.05) is 5.32 Å². The van der Waals surface area contributed by atoms with Crippen LogP contribution in [0.5, 0.6) is 0 Å². The Morgan fingerprint density at radius 1 is 0.939 bits per heavy atom. The molecule has 0 unspecified atom stereocenters. The third-order valence-electron chi connectivity index (χ3n) is 5.25. The van der Waals surface area contributed by atoms with E-state index in [1.165, 1.54) is 12.1 Å². The van der Waals surface area contributed by atoms with Gasteiger partial charge in [0.05, 0.1) is 10.6 Å². The van der Waals surface area contributed by atoms with Gasteiger partial charge in [-0.2, -0.15) is 5.10 Å². The molecule has 8 heteroatoms. The minimum atomic E-state index is -3.79. The van der Waals surface area contributed by atoms with Crippen LogP contribution in [0.25, 0.3) is 5.69 Å². The quantitative estimate of drug-likeness (QED) is 0.432. The number of hydrogen-bond donors (Lipinski definition) is 2. The molecule has 33 heavy (non-hydrogen) atoms. The number of rotatable bonds is 7. The highest BCUT2D eigenvalue weighted by molar-refractivity contribution is 7.89. The summed E-state index contributed by atoms with van der Waals surface area (Å²) in [6.07, 6.45) is 1.71. The lowest BCUT2D eigenvalue weighted by atomic mass is 10.1. The molecule has 0 bridgehead atoms. The summed E-state index contributed by atoms with van der Waals surface area (Å²) in [5, 5.41) is 7.15. The topological polar surface area (TPSA) is 93.1 Å². The van der Waals surface area contributed by atoms with Gasteiger partial charge in [0.25, 0.3) is 5.91 Å². The van der Waals surface area contributed by atoms with Crippen LogP contribution in [0.1, 0.15) is 27.2 Å². The van der Waals surface area contributed by atoms with Gasteiger partial charge < -0.3 is 5.32 Å². The van der Waals surface area contributed by atoms with Crippen LogP contribution in [-0.4, -0.2) is 24.1 Å². The van der Waals surface area contributed by atoms with Crippen molar-refractivity contribution in [1.82, 2.24) is 14.5 Å². The number of nitrogens with zero attached hydrogens (tertiary/aromatic N) is 2. The molecule has 7 nitrogen and oxygen atoms in total. The van der Waals surface area contributed by atoms with Gasteiger partial charge in [0, 0.05) is 29.7 Å². The Labute approximate surface area is 193 Å². The number of nitrogens with one attached hydrogen (secondary N) is 2. The molecule has 168 valence electrons. The molecule has 0 saturated carbocycles. The molecule has 0 saturated heterocycles. The molecule has 0 radical (unpaired) electrons. The number of amides is 1. The van der Waals surface area contributed by atoms with E-state index in [4.69, 9.17) is 0 Å². The van der Waals surface area contributed by atoms with Gasteiger partial charge in [0.1, 0.15) is 0 Å². The van der Waals surface area contributed by atoms with Gasteiger partial charge in [0.15, 0.2) is 0 Å². The first-order chi connectivity index (χ1) is 15.8. The first-order valence-corrected chi connectivity index (χ1v) is 11.9. The molecular formula is C25H24N4O3S. The average molecular weight is 461 g/mol. The highest BCUT2D eigenvalue weighted by atomic mass is 32.2. The van der Waals surface area contributed by atoms with E-state index in [9.17, 15) is 13.2 Å². The maximum atomic E-state index is 13.0. The Balaban J connectivity index is 1.54. The summed E-state index contributed by atoms with van der Waals surface area (Å²) in [5.74, 6) is -0.387. The number of carbonyl (C=O) groups excluding carboxylic acids is 1. The Kier molecular flexibility index (Phi) is 6.39. The third kappa shape index (κ3) is 5.19. The van der Waals surface area contributed by atoms with Crippen molar-refractivity contribution in [3.63, 3.8) is 0 Å². The summed E-state index contributed by atoms with van der Waals surface area (Å²) in [7, 11) is -3.79. The van der Waals surface area contributed by atoms with Gasteiger partial charge in [-0.3, -0.25) is 4.79 Å². The number of anilines is 1. The van der Waals surface area contributed by atoms with Crippen LogP contribution in [-0.2, 0) is 16.6 Å². The van der Waals surface area contributed by atoms with Crippen molar-refractivity contribution in [3.8, 4) is 5.69 Å². The van der Waals surface area contributed by atoms with Crippen LogP contribution in [0.15, 0.2) is 90.0 Å². The predicted molar refractivity (Wildman–Crippen MR) is 128 cm³/mol. The summed E-state index contributed by atoms with van der Waals surface area (Å²) in [6.45, 7) is 3.88. The van der Waals surface area contributed by atoms with E-state index in [0.29, 0.717) is 16.8 Å². The molecule has 0 aliphatic rings. The van der Waals surface area contributed by atoms with E-state index < -0.39 is 10.0 Å². The second kappa shape index (κ2) is 9.40. The smallest absolute Gasteiger partial charge is 0.255 e. The van der Waals surface area contributed by atoms with Crippen molar-refractivity contribution in [2.45, 2.75) is 25.3 Å². The number of hydrogen-bond acceptors (Lipinski definition) is 4. The molecular weight excluding hydrogens is 436 g/mol. The zero-order valence-corrected chi connectivity index (χ0v) is 19.1. The van der Waals surface area contributed by atoms with Crippen molar-refractivity contribution in [2.24, 2.45) is 0 Å². The van der Waals surface area contributed by atoms with Crippen LogP contribution in [0.4, 0.5) is 5.69 Å². The largest absolute Gasteiger partial charge is 0.322 e. The summed E-state index contributed by atoms with van der Waals surface area (Å²) >= 11 is 0. The maximum Gasteiger partial charge on any atom is 0.255 e. The van der Waals surface area contributed by atoms with Gasteiger partial charge in [-0.1, -0.05) is 42.5 Å². The summed E-state index contributed by atoms with van der Waals surface area (Å²) in [6, 6.07) is 23.0. The maximum absolute atomic E-state index is 13.0. The number of benzene rings is 3. The molecule has 1 aromatic heterocycles. The van der Waals surface area contributed by atoms with E-state index >= 15 is 0 Å². The van der Waals surface area contributed by atoms with Gasteiger partial charge in [-0.05, 0) is 61.4 Å². The van der Waals surface area contributed by atoms with Crippen molar-refractivity contribution >= 4 is 21.6 Å². The molecule has 2 N–H and O–H groups in total.